The van der Waals surface area contributed by atoms with E-state index in [4.69, 9.17) is 24.9 Å². The molecule has 5 rings (SSSR count). The van der Waals surface area contributed by atoms with Crippen molar-refractivity contribution in [2.75, 3.05) is 13.2 Å². The second kappa shape index (κ2) is 6.94. The second-order valence-electron chi connectivity index (χ2n) is 8.91. The van der Waals surface area contributed by atoms with Crippen LogP contribution in [0.3, 0.4) is 0 Å². The molecule has 0 aliphatic carbocycles. The van der Waals surface area contributed by atoms with Crippen molar-refractivity contribution in [3.05, 3.63) is 60.3 Å². The van der Waals surface area contributed by atoms with Crippen LogP contribution in [0.4, 0.5) is 0 Å². The summed E-state index contributed by atoms with van der Waals surface area (Å²) in [6.07, 6.45) is 6.70. The Kier molecular flexibility index (Phi) is 4.32. The molecule has 0 fully saturated rings. The van der Waals surface area contributed by atoms with Gasteiger partial charge in [-0.2, -0.15) is 0 Å². The number of benzene rings is 1. The quantitative estimate of drug-likeness (QED) is 0.693. The number of pyridine rings is 1. The first kappa shape index (κ1) is 19.3. The van der Waals surface area contributed by atoms with Crippen molar-refractivity contribution in [3.63, 3.8) is 0 Å². The lowest BCUT2D eigenvalue weighted by molar-refractivity contribution is 0.197. The third-order valence-electron chi connectivity index (χ3n) is 5.20. The van der Waals surface area contributed by atoms with Gasteiger partial charge in [-0.25, -0.2) is 19.9 Å². The van der Waals surface area contributed by atoms with E-state index in [1.807, 2.05) is 24.3 Å². The van der Waals surface area contributed by atoms with Crippen LogP contribution < -0.4 is 15.2 Å². The minimum absolute atomic E-state index is 0.0340. The molecule has 3 aromatic rings. The number of hydrogen-bond acceptors (Lipinski definition) is 8. The van der Waals surface area contributed by atoms with E-state index in [1.54, 1.807) is 18.6 Å². The van der Waals surface area contributed by atoms with E-state index >= 15 is 0 Å². The molecule has 31 heavy (non-hydrogen) atoms. The van der Waals surface area contributed by atoms with Crippen molar-refractivity contribution in [2.45, 2.75) is 26.3 Å². The summed E-state index contributed by atoms with van der Waals surface area (Å²) < 4.78 is 17.8. The summed E-state index contributed by atoms with van der Waals surface area (Å²) >= 11 is 0. The third-order valence-corrected chi connectivity index (χ3v) is 5.20. The van der Waals surface area contributed by atoms with Crippen molar-refractivity contribution in [2.24, 2.45) is 16.1 Å². The van der Waals surface area contributed by atoms with Crippen LogP contribution in [-0.4, -0.2) is 34.2 Å². The monoisotopic (exact) mass is 417 g/mol. The Balaban J connectivity index is 1.63. The summed E-state index contributed by atoms with van der Waals surface area (Å²) in [5, 5.41) is 0. The predicted octanol–water partition coefficient (Wildman–Crippen LogP) is 3.66. The van der Waals surface area contributed by atoms with Gasteiger partial charge in [-0.15, -0.1) is 0 Å². The number of nitrogens with two attached hydrogens (primary N) is 1. The summed E-state index contributed by atoms with van der Waals surface area (Å²) in [6.45, 7) is 7.22. The van der Waals surface area contributed by atoms with Crippen molar-refractivity contribution in [1.82, 2.24) is 15.0 Å². The first-order valence-electron chi connectivity index (χ1n) is 10.0. The van der Waals surface area contributed by atoms with Gasteiger partial charge in [0.15, 0.2) is 5.54 Å². The molecule has 0 saturated heterocycles. The van der Waals surface area contributed by atoms with Gasteiger partial charge < -0.3 is 19.9 Å². The molecule has 2 aliphatic heterocycles. The van der Waals surface area contributed by atoms with Crippen LogP contribution in [0.5, 0.6) is 17.4 Å². The number of fused-ring (bicyclic) bond motifs is 4. The van der Waals surface area contributed by atoms with E-state index in [2.05, 4.69) is 35.7 Å². The highest BCUT2D eigenvalue weighted by Gasteiger charge is 2.48. The Morgan fingerprint density at radius 3 is 2.58 bits per heavy atom. The number of ether oxygens (including phenoxy) is 3. The molecule has 2 aromatic heterocycles. The topological polar surface area (TPSA) is 105 Å². The van der Waals surface area contributed by atoms with E-state index < -0.39 is 5.54 Å². The maximum absolute atomic E-state index is 6.13. The zero-order valence-electron chi connectivity index (χ0n) is 17.6. The van der Waals surface area contributed by atoms with E-state index in [0.717, 1.165) is 28.0 Å². The van der Waals surface area contributed by atoms with Gasteiger partial charge in [0.25, 0.3) is 6.02 Å². The Morgan fingerprint density at radius 1 is 1.06 bits per heavy atom. The van der Waals surface area contributed by atoms with Crippen LogP contribution in [0.1, 0.15) is 31.9 Å². The summed E-state index contributed by atoms with van der Waals surface area (Å²) in [7, 11) is 0. The number of nitrogens with zero attached hydrogens (tertiary/aromatic N) is 4. The van der Waals surface area contributed by atoms with Crippen LogP contribution in [0.2, 0.25) is 0 Å². The molecular weight excluding hydrogens is 394 g/mol. The van der Waals surface area contributed by atoms with Gasteiger partial charge in [0.05, 0.1) is 12.2 Å². The maximum Gasteiger partial charge on any atom is 0.283 e. The summed E-state index contributed by atoms with van der Waals surface area (Å²) in [6, 6.07) is 7.84. The van der Waals surface area contributed by atoms with Crippen LogP contribution in [0, 0.1) is 5.41 Å². The first-order chi connectivity index (χ1) is 14.8. The lowest BCUT2D eigenvalue weighted by Gasteiger charge is -2.33. The Hall–Kier alpha value is -3.68. The van der Waals surface area contributed by atoms with Crippen molar-refractivity contribution in [1.29, 1.82) is 0 Å². The molecule has 2 N–H and O–H groups in total. The maximum atomic E-state index is 6.13. The van der Waals surface area contributed by atoms with Crippen molar-refractivity contribution < 1.29 is 14.2 Å². The summed E-state index contributed by atoms with van der Waals surface area (Å²) in [5.74, 6) is 1.86. The van der Waals surface area contributed by atoms with Crippen LogP contribution in [0.15, 0.2) is 54.2 Å². The van der Waals surface area contributed by atoms with Gasteiger partial charge in [0.2, 0.25) is 5.88 Å². The van der Waals surface area contributed by atoms with Gasteiger partial charge in [-0.3, -0.25) is 0 Å². The van der Waals surface area contributed by atoms with Crippen LogP contribution in [-0.2, 0) is 10.3 Å². The van der Waals surface area contributed by atoms with Crippen LogP contribution in [0.25, 0.3) is 11.1 Å². The van der Waals surface area contributed by atoms with E-state index in [1.165, 1.54) is 6.33 Å². The summed E-state index contributed by atoms with van der Waals surface area (Å²) in [5.41, 5.74) is 8.44. The molecule has 0 bridgehead atoms. The highest BCUT2D eigenvalue weighted by atomic mass is 16.5. The number of amidine groups is 1. The number of hydrogen-bond donors (Lipinski definition) is 1. The van der Waals surface area contributed by atoms with Gasteiger partial charge >= 0.3 is 0 Å². The molecule has 158 valence electrons. The molecule has 0 unspecified atom stereocenters. The molecule has 8 heteroatoms. The smallest absolute Gasteiger partial charge is 0.283 e. The van der Waals surface area contributed by atoms with E-state index in [0.29, 0.717) is 18.2 Å². The Labute approximate surface area is 180 Å². The molecule has 1 aromatic carbocycles. The second-order valence-corrected chi connectivity index (χ2v) is 8.91. The SMILES string of the molecule is CC(C)(C)COc1ccc2c(c1)[C@@]1(COC(N)=N1)c1cc(-c3cncnc3)cnc1O2. The molecule has 2 aliphatic rings. The molecule has 8 nitrogen and oxygen atoms in total. The molecule has 0 radical (unpaired) electrons. The highest BCUT2D eigenvalue weighted by molar-refractivity contribution is 5.77. The van der Waals surface area contributed by atoms with Crippen molar-refractivity contribution in [3.8, 4) is 28.5 Å². The fraction of sp³-hybridized carbons (Fsp3) is 0.304. The fourth-order valence-corrected chi connectivity index (χ4v) is 3.70. The Bertz CT molecular complexity index is 1170. The average Bonchev–Trinajstić information content (AvgIpc) is 3.15. The molecule has 0 amide bonds. The molecule has 4 heterocycles. The minimum atomic E-state index is -0.868. The lowest BCUT2D eigenvalue weighted by Crippen LogP contribution is -2.31. The van der Waals surface area contributed by atoms with Crippen molar-refractivity contribution >= 4 is 6.02 Å². The largest absolute Gasteiger partial charge is 0.493 e. The minimum Gasteiger partial charge on any atom is -0.493 e. The fourth-order valence-electron chi connectivity index (χ4n) is 3.70. The van der Waals surface area contributed by atoms with E-state index in [9.17, 15) is 0 Å². The normalized spacial score (nSPS) is 19.1. The Morgan fingerprint density at radius 2 is 1.87 bits per heavy atom. The molecule has 0 saturated carbocycles. The first-order valence-corrected chi connectivity index (χ1v) is 10.0. The van der Waals surface area contributed by atoms with Gasteiger partial charge in [0.1, 0.15) is 24.4 Å². The molecule has 1 atom stereocenters. The number of aliphatic imine (C=N–C) groups is 1. The van der Waals surface area contributed by atoms with E-state index in [-0.39, 0.29) is 18.0 Å². The average molecular weight is 417 g/mol. The standard InChI is InChI=1S/C23H23N5O3/c1-22(2,3)11-29-16-4-5-19-17(7-16)23(12-30-21(24)28-23)18-6-14(10-27-20(18)31-19)15-8-25-13-26-9-15/h4-10,13H,11-12H2,1-3H3,(H2,24,28)/t23-/m0/s1. The predicted molar refractivity (Wildman–Crippen MR) is 115 cm³/mol. The molecule has 1 spiro atoms. The lowest BCUT2D eigenvalue weighted by atomic mass is 9.81. The summed E-state index contributed by atoms with van der Waals surface area (Å²) in [4.78, 5) is 17.5. The third kappa shape index (κ3) is 3.43. The highest BCUT2D eigenvalue weighted by Crippen LogP contribution is 2.51. The van der Waals surface area contributed by atoms with Gasteiger partial charge in [-0.1, -0.05) is 20.8 Å². The molecular formula is C23H23N5O3. The van der Waals surface area contributed by atoms with Crippen LogP contribution >= 0.6 is 0 Å². The number of aromatic nitrogens is 3. The van der Waals surface area contributed by atoms with Gasteiger partial charge in [0, 0.05) is 35.3 Å². The number of rotatable bonds is 3. The zero-order chi connectivity index (χ0) is 21.6. The van der Waals surface area contributed by atoms with Gasteiger partial charge in [-0.05, 0) is 29.7 Å². The zero-order valence-corrected chi connectivity index (χ0v) is 17.6.